The van der Waals surface area contributed by atoms with Gasteiger partial charge >= 0.3 is 6.08 Å². The van der Waals surface area contributed by atoms with Crippen LogP contribution in [0.4, 0.5) is 22.0 Å². The first-order valence-electron chi connectivity index (χ1n) is 6.30. The number of hydrogen-bond donors (Lipinski definition) is 0. The Labute approximate surface area is 133 Å². The molecule has 3 nitrogen and oxygen atoms in total. The summed E-state index contributed by atoms with van der Waals surface area (Å²) in [6.07, 6.45) is -2.96. The van der Waals surface area contributed by atoms with E-state index in [1.54, 1.807) is 0 Å². The van der Waals surface area contributed by atoms with Crippen molar-refractivity contribution in [1.29, 1.82) is 0 Å². The number of carbonyl (C=O) groups is 1. The molecule has 0 aliphatic carbocycles. The minimum absolute atomic E-state index is 0.0183. The average Bonchev–Trinajstić information content (AvgIpc) is 2.45. The van der Waals surface area contributed by atoms with Gasteiger partial charge < -0.3 is 4.90 Å². The van der Waals surface area contributed by atoms with Crippen LogP contribution in [0.15, 0.2) is 35.1 Å². The maximum atomic E-state index is 13.5. The molecule has 0 saturated heterocycles. The summed E-state index contributed by atoms with van der Waals surface area (Å²) in [5.74, 6) is -4.94. The van der Waals surface area contributed by atoms with Crippen LogP contribution in [-0.4, -0.2) is 35.8 Å². The van der Waals surface area contributed by atoms with Crippen LogP contribution in [0.1, 0.15) is 16.8 Å². The van der Waals surface area contributed by atoms with Crippen LogP contribution in [0.2, 0.25) is 0 Å². The van der Waals surface area contributed by atoms with Gasteiger partial charge in [0.15, 0.2) is 11.0 Å². The summed E-state index contributed by atoms with van der Waals surface area (Å²) in [4.78, 5) is 16.8. The molecule has 0 fully saturated rings. The van der Waals surface area contributed by atoms with E-state index in [0.717, 1.165) is 30.0 Å². The normalized spacial score (nSPS) is 11.3. The lowest BCUT2D eigenvalue weighted by atomic mass is 10.2. The van der Waals surface area contributed by atoms with E-state index >= 15 is 0 Å². The van der Waals surface area contributed by atoms with E-state index in [1.165, 1.54) is 19.0 Å². The molecule has 1 rings (SSSR count). The van der Waals surface area contributed by atoms with E-state index in [9.17, 15) is 26.7 Å². The quantitative estimate of drug-likeness (QED) is 0.462. The first kappa shape index (κ1) is 19.1. The fraction of sp³-hybridized carbons (Fsp3) is 0.286. The summed E-state index contributed by atoms with van der Waals surface area (Å²) < 4.78 is 63.6. The number of hydrogen-bond acceptors (Lipinski definition) is 2. The van der Waals surface area contributed by atoms with Gasteiger partial charge in [-0.1, -0.05) is 17.8 Å². The highest BCUT2D eigenvalue weighted by atomic mass is 32.2. The Bertz CT molecular complexity index is 622. The summed E-state index contributed by atoms with van der Waals surface area (Å²) in [6, 6.07) is 2.93. The van der Waals surface area contributed by atoms with Crippen molar-refractivity contribution in [3.8, 4) is 0 Å². The van der Waals surface area contributed by atoms with Crippen molar-refractivity contribution in [3.63, 3.8) is 0 Å². The lowest BCUT2D eigenvalue weighted by Gasteiger charge is -2.14. The molecule has 0 bridgehead atoms. The summed E-state index contributed by atoms with van der Waals surface area (Å²) in [5.41, 5.74) is -0.812. The van der Waals surface area contributed by atoms with Gasteiger partial charge in [-0.15, -0.1) is 0 Å². The maximum Gasteiger partial charge on any atom is 0.301 e. The molecule has 1 aromatic carbocycles. The van der Waals surface area contributed by atoms with Gasteiger partial charge in [-0.2, -0.15) is 13.8 Å². The van der Waals surface area contributed by atoms with Crippen molar-refractivity contribution in [2.75, 3.05) is 19.8 Å². The molecule has 0 atom stereocenters. The molecule has 9 heteroatoms. The molecule has 0 spiro atoms. The predicted octanol–water partition coefficient (Wildman–Crippen LogP) is 4.22. The number of carbonyl (C=O) groups excluding carboxylic acids is 1. The lowest BCUT2D eigenvalue weighted by molar-refractivity contribution is 0.0994. The van der Waals surface area contributed by atoms with Crippen molar-refractivity contribution < 1.29 is 26.7 Å². The largest absolute Gasteiger partial charge is 0.357 e. The van der Waals surface area contributed by atoms with E-state index in [4.69, 9.17) is 0 Å². The van der Waals surface area contributed by atoms with Crippen LogP contribution in [0.5, 0.6) is 0 Å². The highest BCUT2D eigenvalue weighted by Crippen LogP contribution is 2.19. The zero-order valence-corrected chi connectivity index (χ0v) is 13.1. The SMILES string of the molecule is CN(C)C(=NC(=O)c1c(F)cccc1F)SCCC(F)=C(F)F. The number of aliphatic imine (C=N–C) groups is 1. The molecule has 0 heterocycles. The van der Waals surface area contributed by atoms with Gasteiger partial charge in [0.05, 0.1) is 0 Å². The van der Waals surface area contributed by atoms with E-state index < -0.39 is 41.4 Å². The zero-order valence-electron chi connectivity index (χ0n) is 12.2. The fourth-order valence-corrected chi connectivity index (χ4v) is 2.30. The molecule has 1 aromatic rings. The molecular weight excluding hydrogens is 339 g/mol. The minimum atomic E-state index is -2.40. The van der Waals surface area contributed by atoms with Gasteiger partial charge in [-0.25, -0.2) is 13.2 Å². The second kappa shape index (κ2) is 8.66. The number of halogens is 5. The Morgan fingerprint density at radius 2 is 1.74 bits per heavy atom. The van der Waals surface area contributed by atoms with E-state index in [2.05, 4.69) is 4.99 Å². The number of thioether (sulfide) groups is 1. The molecule has 0 N–H and O–H groups in total. The van der Waals surface area contributed by atoms with Crippen LogP contribution >= 0.6 is 11.8 Å². The fourth-order valence-electron chi connectivity index (χ4n) is 1.43. The zero-order chi connectivity index (χ0) is 17.6. The van der Waals surface area contributed by atoms with Crippen LogP contribution in [0, 0.1) is 11.6 Å². The summed E-state index contributed by atoms with van der Waals surface area (Å²) >= 11 is 0.813. The molecule has 0 unspecified atom stereocenters. The molecule has 1 amide bonds. The van der Waals surface area contributed by atoms with Gasteiger partial charge in [0, 0.05) is 26.3 Å². The summed E-state index contributed by atoms with van der Waals surface area (Å²) in [7, 11) is 3.00. The topological polar surface area (TPSA) is 32.7 Å². The lowest BCUT2D eigenvalue weighted by Crippen LogP contribution is -2.21. The van der Waals surface area contributed by atoms with E-state index in [0.29, 0.717) is 0 Å². The molecule has 0 saturated carbocycles. The Hall–Kier alpha value is -1.90. The second-order valence-electron chi connectivity index (χ2n) is 4.45. The molecule has 126 valence electrons. The van der Waals surface area contributed by atoms with E-state index in [1.807, 2.05) is 0 Å². The van der Waals surface area contributed by atoms with Crippen LogP contribution in [0.25, 0.3) is 0 Å². The average molecular weight is 352 g/mol. The number of rotatable bonds is 4. The number of amides is 1. The molecule has 23 heavy (non-hydrogen) atoms. The molecule has 0 aromatic heterocycles. The second-order valence-corrected chi connectivity index (χ2v) is 5.52. The first-order valence-corrected chi connectivity index (χ1v) is 7.29. The van der Waals surface area contributed by atoms with E-state index in [-0.39, 0.29) is 10.9 Å². The molecular formula is C14H13F5N2OS. The Kier molecular flexibility index (Phi) is 7.21. The third-order valence-electron chi connectivity index (χ3n) is 2.51. The van der Waals surface area contributed by atoms with Crippen LogP contribution < -0.4 is 0 Å². The third-order valence-corrected chi connectivity index (χ3v) is 3.64. The van der Waals surface area contributed by atoms with Crippen molar-refractivity contribution in [1.82, 2.24) is 4.90 Å². The monoisotopic (exact) mass is 352 g/mol. The Balaban J connectivity index is 2.91. The number of nitrogens with zero attached hydrogens (tertiary/aromatic N) is 2. The number of benzene rings is 1. The predicted molar refractivity (Wildman–Crippen MR) is 79.2 cm³/mol. The highest BCUT2D eigenvalue weighted by molar-refractivity contribution is 8.13. The third kappa shape index (κ3) is 5.66. The van der Waals surface area contributed by atoms with Crippen molar-refractivity contribution in [2.24, 2.45) is 4.99 Å². The Morgan fingerprint density at radius 3 is 2.22 bits per heavy atom. The smallest absolute Gasteiger partial charge is 0.301 e. The van der Waals surface area contributed by atoms with Crippen molar-refractivity contribution >= 4 is 22.8 Å². The first-order chi connectivity index (χ1) is 10.7. The molecule has 0 aliphatic heterocycles. The van der Waals surface area contributed by atoms with Gasteiger partial charge in [0.25, 0.3) is 5.91 Å². The summed E-state index contributed by atoms with van der Waals surface area (Å²) in [6.45, 7) is 0. The van der Waals surface area contributed by atoms with Crippen LogP contribution in [0.3, 0.4) is 0 Å². The summed E-state index contributed by atoms with van der Waals surface area (Å²) in [5, 5.41) is 0.0183. The minimum Gasteiger partial charge on any atom is -0.357 e. The van der Waals surface area contributed by atoms with Crippen molar-refractivity contribution in [2.45, 2.75) is 6.42 Å². The maximum absolute atomic E-state index is 13.5. The van der Waals surface area contributed by atoms with Gasteiger partial charge in [0.1, 0.15) is 17.2 Å². The Morgan fingerprint density at radius 1 is 1.17 bits per heavy atom. The number of amidine groups is 1. The van der Waals surface area contributed by atoms with Gasteiger partial charge in [0.2, 0.25) is 0 Å². The van der Waals surface area contributed by atoms with Gasteiger partial charge in [-0.05, 0) is 12.1 Å². The number of allylic oxidation sites excluding steroid dienone is 1. The molecule has 0 radical (unpaired) electrons. The van der Waals surface area contributed by atoms with Gasteiger partial charge in [-0.3, -0.25) is 4.79 Å². The van der Waals surface area contributed by atoms with Crippen LogP contribution in [-0.2, 0) is 0 Å². The highest BCUT2D eigenvalue weighted by Gasteiger charge is 2.18. The molecule has 0 aliphatic rings. The van der Waals surface area contributed by atoms with Crippen molar-refractivity contribution in [3.05, 3.63) is 47.3 Å². The standard InChI is InChI=1S/C14H13F5N2OS/c1-21(2)14(23-7-6-10(17)12(18)19)20-13(22)11-8(15)4-3-5-9(11)16/h3-5H,6-7H2,1-2H3.